The monoisotopic (exact) mass is 173 g/mol. The number of hydrogen-bond acceptors (Lipinski definition) is 2. The molecule has 66 valence electrons. The molecule has 2 aliphatic heterocycles. The maximum Gasteiger partial charge on any atom is 0.138 e. The first-order valence-electron chi connectivity index (χ1n) is 4.71. The normalized spacial score (nSPS) is 24.9. The van der Waals surface area contributed by atoms with Crippen molar-refractivity contribution in [2.75, 3.05) is 6.54 Å². The average molecular weight is 173 g/mol. The van der Waals surface area contributed by atoms with Crippen molar-refractivity contribution in [1.29, 1.82) is 0 Å². The van der Waals surface area contributed by atoms with Gasteiger partial charge in [0.2, 0.25) is 0 Å². The molecule has 0 aliphatic carbocycles. The zero-order valence-corrected chi connectivity index (χ0v) is 7.33. The van der Waals surface area contributed by atoms with Crippen LogP contribution >= 0.6 is 0 Å². The van der Waals surface area contributed by atoms with Crippen LogP contribution in [0.15, 0.2) is 22.2 Å². The van der Waals surface area contributed by atoms with Crippen molar-refractivity contribution in [3.63, 3.8) is 0 Å². The maximum atomic E-state index is 4.57. The summed E-state index contributed by atoms with van der Waals surface area (Å²) in [6, 6.07) is 2.07. The Morgan fingerprint density at radius 2 is 2.46 bits per heavy atom. The van der Waals surface area contributed by atoms with Gasteiger partial charge in [-0.15, -0.1) is 0 Å². The van der Waals surface area contributed by atoms with Gasteiger partial charge in [-0.1, -0.05) is 0 Å². The van der Waals surface area contributed by atoms with E-state index < -0.39 is 0 Å². The van der Waals surface area contributed by atoms with Crippen LogP contribution in [0.25, 0.3) is 0 Å². The predicted octanol–water partition coefficient (Wildman–Crippen LogP) is 1.93. The summed E-state index contributed by atoms with van der Waals surface area (Å²) in [5.74, 6) is 1.44. The largest absolute Gasteiger partial charge is 0.346 e. The number of nitrogens with one attached hydrogen (secondary N) is 1. The third kappa shape index (κ3) is 0.963. The van der Waals surface area contributed by atoms with Gasteiger partial charge in [0.1, 0.15) is 5.82 Å². The van der Waals surface area contributed by atoms with E-state index in [1.165, 1.54) is 24.1 Å². The van der Waals surface area contributed by atoms with Gasteiger partial charge in [0, 0.05) is 30.4 Å². The molecular formula is C10H11N3. The highest BCUT2D eigenvalue weighted by molar-refractivity contribution is 6.15. The van der Waals surface area contributed by atoms with Crippen LogP contribution in [0.1, 0.15) is 18.4 Å². The molecule has 3 nitrogen and oxygen atoms in total. The first-order chi connectivity index (χ1) is 6.45. The molecule has 0 saturated heterocycles. The number of nitrogens with zero attached hydrogens (tertiary/aromatic N) is 2. The minimum atomic E-state index is 0.469. The van der Waals surface area contributed by atoms with Crippen molar-refractivity contribution in [3.8, 4) is 0 Å². The van der Waals surface area contributed by atoms with E-state index in [0.29, 0.717) is 5.92 Å². The molecule has 3 heterocycles. The van der Waals surface area contributed by atoms with Gasteiger partial charge in [-0.3, -0.25) is 4.99 Å². The third-order valence-corrected chi connectivity index (χ3v) is 2.69. The topological polar surface area (TPSA) is 40.5 Å². The highest BCUT2D eigenvalue weighted by Crippen LogP contribution is 2.29. The summed E-state index contributed by atoms with van der Waals surface area (Å²) >= 11 is 0. The lowest BCUT2D eigenvalue weighted by Gasteiger charge is -2.22. The lowest BCUT2D eigenvalue weighted by atomic mass is 9.90. The minimum absolute atomic E-state index is 0.469. The highest BCUT2D eigenvalue weighted by atomic mass is 14.9. The van der Waals surface area contributed by atoms with E-state index in [-0.39, 0.29) is 0 Å². The molecule has 0 saturated carbocycles. The summed E-state index contributed by atoms with van der Waals surface area (Å²) in [6.45, 7) is 0.976. The van der Waals surface area contributed by atoms with Gasteiger partial charge in [0.05, 0.1) is 5.71 Å². The van der Waals surface area contributed by atoms with Crippen LogP contribution in [0, 0.1) is 5.92 Å². The Labute approximate surface area is 76.6 Å². The Morgan fingerprint density at radius 3 is 3.46 bits per heavy atom. The molecule has 0 spiro atoms. The van der Waals surface area contributed by atoms with Gasteiger partial charge in [-0.25, -0.2) is 4.99 Å². The number of aliphatic imine (C=N–C) groups is 2. The molecule has 1 N–H and O–H groups in total. The summed E-state index contributed by atoms with van der Waals surface area (Å²) in [5, 5.41) is 0. The minimum Gasteiger partial charge on any atom is -0.346 e. The number of fused-ring (bicyclic) bond motifs is 3. The van der Waals surface area contributed by atoms with E-state index in [2.05, 4.69) is 21.0 Å². The first kappa shape index (κ1) is 7.06. The predicted molar refractivity (Wildman–Crippen MR) is 53.1 cm³/mol. The molecule has 1 aromatic heterocycles. The Morgan fingerprint density at radius 1 is 1.46 bits per heavy atom. The van der Waals surface area contributed by atoms with Gasteiger partial charge in [0.25, 0.3) is 0 Å². The number of H-pyrrole nitrogens is 1. The fourth-order valence-corrected chi connectivity index (χ4v) is 2.03. The average Bonchev–Trinajstić information content (AvgIpc) is 2.65. The summed E-state index contributed by atoms with van der Waals surface area (Å²) in [5.41, 5.74) is 2.43. The molecule has 2 aliphatic rings. The van der Waals surface area contributed by atoms with Crippen LogP contribution in [0.2, 0.25) is 0 Å². The van der Waals surface area contributed by atoms with Crippen molar-refractivity contribution in [3.05, 3.63) is 17.8 Å². The molecule has 13 heavy (non-hydrogen) atoms. The van der Waals surface area contributed by atoms with Crippen molar-refractivity contribution >= 4 is 17.7 Å². The summed E-state index contributed by atoms with van der Waals surface area (Å²) in [6.07, 6.45) is 6.35. The summed E-state index contributed by atoms with van der Waals surface area (Å²) < 4.78 is 0. The molecule has 1 aromatic rings. The summed E-state index contributed by atoms with van der Waals surface area (Å²) in [7, 11) is 0. The standard InChI is InChI=1S/C10H11N3/c1-2-7-6-13-10-8(3-5-12-10)9(7)11-4-1/h3,5-7,12H,1-2,4H2. The number of hydrogen-bond donors (Lipinski definition) is 1. The van der Waals surface area contributed by atoms with Crippen LogP contribution in [0.4, 0.5) is 5.82 Å². The molecule has 1 unspecified atom stereocenters. The quantitative estimate of drug-likeness (QED) is 0.622. The molecule has 0 bridgehead atoms. The Kier molecular flexibility index (Phi) is 1.39. The smallest absolute Gasteiger partial charge is 0.138 e. The lowest BCUT2D eigenvalue weighted by Crippen LogP contribution is -2.24. The van der Waals surface area contributed by atoms with Crippen molar-refractivity contribution < 1.29 is 0 Å². The highest BCUT2D eigenvalue weighted by Gasteiger charge is 2.24. The van der Waals surface area contributed by atoms with E-state index in [0.717, 1.165) is 12.4 Å². The summed E-state index contributed by atoms with van der Waals surface area (Å²) in [4.78, 5) is 12.1. The zero-order valence-electron chi connectivity index (χ0n) is 7.33. The van der Waals surface area contributed by atoms with E-state index in [1.54, 1.807) is 0 Å². The number of aromatic nitrogens is 1. The molecule has 0 aromatic carbocycles. The number of aromatic amines is 1. The van der Waals surface area contributed by atoms with Crippen LogP contribution < -0.4 is 0 Å². The first-order valence-corrected chi connectivity index (χ1v) is 4.71. The molecule has 0 fully saturated rings. The third-order valence-electron chi connectivity index (χ3n) is 2.69. The fraction of sp³-hybridized carbons (Fsp3) is 0.400. The fourth-order valence-electron chi connectivity index (χ4n) is 2.03. The second-order valence-electron chi connectivity index (χ2n) is 3.53. The van der Waals surface area contributed by atoms with Crippen molar-refractivity contribution in [2.24, 2.45) is 15.9 Å². The van der Waals surface area contributed by atoms with E-state index in [9.17, 15) is 0 Å². The van der Waals surface area contributed by atoms with Crippen molar-refractivity contribution in [2.45, 2.75) is 12.8 Å². The van der Waals surface area contributed by atoms with Gasteiger partial charge < -0.3 is 4.98 Å². The van der Waals surface area contributed by atoms with Crippen LogP contribution in [-0.4, -0.2) is 23.5 Å². The Bertz CT molecular complexity index is 387. The lowest BCUT2D eigenvalue weighted by molar-refractivity contribution is 0.679. The SMILES string of the molecule is C1=Nc2[nH]ccc2C2=NCCCC12. The molecule has 0 amide bonds. The second kappa shape index (κ2) is 2.55. The van der Waals surface area contributed by atoms with Crippen molar-refractivity contribution in [1.82, 2.24) is 4.98 Å². The number of rotatable bonds is 0. The second-order valence-corrected chi connectivity index (χ2v) is 3.53. The van der Waals surface area contributed by atoms with Crippen LogP contribution in [0.5, 0.6) is 0 Å². The maximum absolute atomic E-state index is 4.57. The molecule has 3 heteroatoms. The van der Waals surface area contributed by atoms with Gasteiger partial charge in [0.15, 0.2) is 0 Å². The van der Waals surface area contributed by atoms with Gasteiger partial charge >= 0.3 is 0 Å². The van der Waals surface area contributed by atoms with Crippen LogP contribution in [-0.2, 0) is 0 Å². The molecule has 0 radical (unpaired) electrons. The van der Waals surface area contributed by atoms with E-state index in [4.69, 9.17) is 0 Å². The Balaban J connectivity index is 2.16. The van der Waals surface area contributed by atoms with E-state index >= 15 is 0 Å². The molecule has 1 atom stereocenters. The van der Waals surface area contributed by atoms with E-state index in [1.807, 2.05) is 12.4 Å². The Hall–Kier alpha value is -1.38. The zero-order chi connectivity index (χ0) is 8.67. The molecule has 3 rings (SSSR count). The van der Waals surface area contributed by atoms with Gasteiger partial charge in [-0.2, -0.15) is 0 Å². The molecular weight excluding hydrogens is 162 g/mol. The van der Waals surface area contributed by atoms with Gasteiger partial charge in [-0.05, 0) is 18.9 Å². The van der Waals surface area contributed by atoms with Crippen LogP contribution in [0.3, 0.4) is 0 Å².